The molecule has 2 heterocycles. The van der Waals surface area contributed by atoms with Crippen LogP contribution in [0.25, 0.3) is 0 Å². The van der Waals surface area contributed by atoms with Gasteiger partial charge in [-0.15, -0.1) is 11.3 Å². The molecule has 3 aromatic rings. The second kappa shape index (κ2) is 10.6. The summed E-state index contributed by atoms with van der Waals surface area (Å²) in [6, 6.07) is 19.2. The minimum Gasteiger partial charge on any atom is -0.489 e. The lowest BCUT2D eigenvalue weighted by atomic mass is 9.89. The van der Waals surface area contributed by atoms with Gasteiger partial charge in [0, 0.05) is 6.54 Å². The molecule has 4 rings (SSSR count). The van der Waals surface area contributed by atoms with E-state index in [1.807, 2.05) is 19.1 Å². The zero-order valence-electron chi connectivity index (χ0n) is 17.9. The Morgan fingerprint density at radius 3 is 2.58 bits per heavy atom. The SMILES string of the molecule is C[C@@H](CNC(=O)c1cncs1)Oc1ccc(CN2CCC(c3ccccc3)CC2)cc1. The summed E-state index contributed by atoms with van der Waals surface area (Å²) in [6.45, 7) is 5.65. The van der Waals surface area contributed by atoms with Gasteiger partial charge in [0.25, 0.3) is 5.91 Å². The molecule has 6 heteroatoms. The molecule has 0 radical (unpaired) electrons. The molecular weight excluding hydrogens is 406 g/mol. The van der Waals surface area contributed by atoms with E-state index in [0.29, 0.717) is 17.3 Å². The first-order valence-electron chi connectivity index (χ1n) is 10.9. The standard InChI is InChI=1S/C25H29N3O2S/c1-19(15-27-25(29)24-16-26-18-31-24)30-23-9-7-20(8-10-23)17-28-13-11-22(12-14-28)21-5-3-2-4-6-21/h2-10,16,18-19,22H,11-15,17H2,1H3,(H,27,29)/t19-/m0/s1. The molecule has 1 N–H and O–H groups in total. The lowest BCUT2D eigenvalue weighted by Crippen LogP contribution is -2.33. The maximum Gasteiger partial charge on any atom is 0.263 e. The molecule has 0 unspecified atom stereocenters. The number of benzene rings is 2. The maximum absolute atomic E-state index is 12.0. The summed E-state index contributed by atoms with van der Waals surface area (Å²) < 4.78 is 5.95. The zero-order valence-corrected chi connectivity index (χ0v) is 18.7. The summed E-state index contributed by atoms with van der Waals surface area (Å²) in [5.74, 6) is 1.40. The van der Waals surface area contributed by atoms with Crippen LogP contribution in [0.1, 0.15) is 46.5 Å². The fraction of sp³-hybridized carbons (Fsp3) is 0.360. The number of rotatable bonds is 8. The number of carbonyl (C=O) groups is 1. The number of thiazole rings is 1. The van der Waals surface area contributed by atoms with Crippen molar-refractivity contribution < 1.29 is 9.53 Å². The zero-order chi connectivity index (χ0) is 21.5. The van der Waals surface area contributed by atoms with Gasteiger partial charge in [0.1, 0.15) is 16.7 Å². The Kier molecular flexibility index (Phi) is 7.33. The van der Waals surface area contributed by atoms with Gasteiger partial charge < -0.3 is 10.1 Å². The van der Waals surface area contributed by atoms with Crippen molar-refractivity contribution in [2.24, 2.45) is 0 Å². The van der Waals surface area contributed by atoms with Crippen LogP contribution < -0.4 is 10.1 Å². The van der Waals surface area contributed by atoms with Gasteiger partial charge in [-0.05, 0) is 62.0 Å². The number of amides is 1. The van der Waals surface area contributed by atoms with Crippen molar-refractivity contribution in [3.8, 4) is 5.75 Å². The number of nitrogens with zero attached hydrogens (tertiary/aromatic N) is 2. The number of hydrogen-bond acceptors (Lipinski definition) is 5. The molecule has 31 heavy (non-hydrogen) atoms. The molecule has 5 nitrogen and oxygen atoms in total. The fourth-order valence-corrected chi connectivity index (χ4v) is 4.54. The van der Waals surface area contributed by atoms with E-state index in [1.165, 1.54) is 35.3 Å². The monoisotopic (exact) mass is 435 g/mol. The quantitative estimate of drug-likeness (QED) is 0.556. The van der Waals surface area contributed by atoms with Gasteiger partial charge in [-0.1, -0.05) is 42.5 Å². The fourth-order valence-electron chi connectivity index (χ4n) is 4.01. The van der Waals surface area contributed by atoms with Crippen molar-refractivity contribution in [3.63, 3.8) is 0 Å². The van der Waals surface area contributed by atoms with E-state index in [0.717, 1.165) is 25.4 Å². The van der Waals surface area contributed by atoms with Crippen LogP contribution in [0.3, 0.4) is 0 Å². The van der Waals surface area contributed by atoms with Gasteiger partial charge in [0.05, 0.1) is 18.3 Å². The molecule has 1 atom stereocenters. The number of ether oxygens (including phenoxy) is 1. The highest BCUT2D eigenvalue weighted by molar-refractivity contribution is 7.11. The molecule has 1 aromatic heterocycles. The molecule has 1 fully saturated rings. The first-order chi connectivity index (χ1) is 15.2. The van der Waals surface area contributed by atoms with Crippen molar-refractivity contribution in [2.45, 2.75) is 38.3 Å². The van der Waals surface area contributed by atoms with Gasteiger partial charge in [0.2, 0.25) is 0 Å². The number of piperidine rings is 1. The van der Waals surface area contributed by atoms with E-state index >= 15 is 0 Å². The van der Waals surface area contributed by atoms with Crippen molar-refractivity contribution >= 4 is 17.2 Å². The Balaban J connectivity index is 1.20. The van der Waals surface area contributed by atoms with E-state index in [2.05, 4.69) is 57.7 Å². The molecule has 2 aromatic carbocycles. The van der Waals surface area contributed by atoms with Crippen LogP contribution in [0.2, 0.25) is 0 Å². The third-order valence-corrected chi connectivity index (χ3v) is 6.50. The molecule has 0 spiro atoms. The van der Waals surface area contributed by atoms with Gasteiger partial charge in [0.15, 0.2) is 0 Å². The summed E-state index contributed by atoms with van der Waals surface area (Å²) in [7, 11) is 0. The Bertz CT molecular complexity index is 937. The van der Waals surface area contributed by atoms with E-state index in [-0.39, 0.29) is 12.0 Å². The van der Waals surface area contributed by atoms with Crippen molar-refractivity contribution in [1.82, 2.24) is 15.2 Å². The summed E-state index contributed by atoms with van der Waals surface area (Å²) in [5.41, 5.74) is 4.43. The van der Waals surface area contributed by atoms with E-state index in [4.69, 9.17) is 4.74 Å². The number of carbonyl (C=O) groups excluding carboxylic acids is 1. The van der Waals surface area contributed by atoms with Gasteiger partial charge in [-0.3, -0.25) is 14.7 Å². The third kappa shape index (κ3) is 6.15. The molecular formula is C25H29N3O2S. The largest absolute Gasteiger partial charge is 0.489 e. The predicted octanol–water partition coefficient (Wildman–Crippen LogP) is 4.72. The first kappa shape index (κ1) is 21.5. The average Bonchev–Trinajstić information content (AvgIpc) is 3.35. The number of likely N-dealkylation sites (tertiary alicyclic amines) is 1. The van der Waals surface area contributed by atoms with Gasteiger partial charge >= 0.3 is 0 Å². The minimum atomic E-state index is -0.111. The minimum absolute atomic E-state index is 0.107. The third-order valence-electron chi connectivity index (χ3n) is 5.73. The topological polar surface area (TPSA) is 54.5 Å². The maximum atomic E-state index is 12.0. The Labute approximate surface area is 188 Å². The van der Waals surface area contributed by atoms with Gasteiger partial charge in [-0.2, -0.15) is 0 Å². The summed E-state index contributed by atoms with van der Waals surface area (Å²) in [4.78, 5) is 19.1. The highest BCUT2D eigenvalue weighted by Crippen LogP contribution is 2.28. The van der Waals surface area contributed by atoms with E-state index < -0.39 is 0 Å². The van der Waals surface area contributed by atoms with Crippen LogP contribution in [0.15, 0.2) is 66.3 Å². The first-order valence-corrected chi connectivity index (χ1v) is 11.7. The molecule has 1 saturated heterocycles. The molecule has 162 valence electrons. The molecule has 1 amide bonds. The highest BCUT2D eigenvalue weighted by atomic mass is 32.1. The van der Waals surface area contributed by atoms with Crippen molar-refractivity contribution in [3.05, 3.63) is 82.3 Å². The summed E-state index contributed by atoms with van der Waals surface area (Å²) in [5, 5.41) is 2.89. The van der Waals surface area contributed by atoms with Crippen LogP contribution in [0, 0.1) is 0 Å². The molecule has 0 aliphatic carbocycles. The van der Waals surface area contributed by atoms with Crippen LogP contribution in [-0.2, 0) is 6.54 Å². The molecule has 0 bridgehead atoms. The number of hydrogen-bond donors (Lipinski definition) is 1. The molecule has 1 aliphatic rings. The normalized spacial score (nSPS) is 16.0. The average molecular weight is 436 g/mol. The lowest BCUT2D eigenvalue weighted by molar-refractivity contribution is 0.0936. The van der Waals surface area contributed by atoms with Crippen molar-refractivity contribution in [1.29, 1.82) is 0 Å². The van der Waals surface area contributed by atoms with Crippen LogP contribution >= 0.6 is 11.3 Å². The molecule has 0 saturated carbocycles. The Morgan fingerprint density at radius 2 is 1.90 bits per heavy atom. The van der Waals surface area contributed by atoms with Crippen LogP contribution in [-0.4, -0.2) is 41.5 Å². The highest BCUT2D eigenvalue weighted by Gasteiger charge is 2.20. The second-order valence-electron chi connectivity index (χ2n) is 8.11. The van der Waals surface area contributed by atoms with E-state index in [9.17, 15) is 4.79 Å². The second-order valence-corrected chi connectivity index (χ2v) is 9.00. The summed E-state index contributed by atoms with van der Waals surface area (Å²) >= 11 is 1.33. The molecule has 1 aliphatic heterocycles. The Morgan fingerprint density at radius 1 is 1.16 bits per heavy atom. The Hall–Kier alpha value is -2.70. The lowest BCUT2D eigenvalue weighted by Gasteiger charge is -2.32. The van der Waals surface area contributed by atoms with Crippen molar-refractivity contribution in [2.75, 3.05) is 19.6 Å². The van der Waals surface area contributed by atoms with E-state index in [1.54, 1.807) is 11.7 Å². The smallest absolute Gasteiger partial charge is 0.263 e. The summed E-state index contributed by atoms with van der Waals surface area (Å²) in [6.07, 6.45) is 3.90. The van der Waals surface area contributed by atoms with Gasteiger partial charge in [-0.25, -0.2) is 0 Å². The predicted molar refractivity (Wildman–Crippen MR) is 125 cm³/mol. The van der Waals surface area contributed by atoms with Crippen LogP contribution in [0.5, 0.6) is 5.75 Å². The number of aromatic nitrogens is 1. The van der Waals surface area contributed by atoms with Crippen LogP contribution in [0.4, 0.5) is 0 Å². The number of nitrogens with one attached hydrogen (secondary N) is 1.